The van der Waals surface area contributed by atoms with Gasteiger partial charge in [-0.1, -0.05) is 30.3 Å². The molecule has 0 saturated carbocycles. The largest absolute Gasteiger partial charge is 0.476 e. The van der Waals surface area contributed by atoms with E-state index in [-0.39, 0.29) is 11.7 Å². The van der Waals surface area contributed by atoms with Crippen molar-refractivity contribution >= 4 is 11.8 Å². The minimum atomic E-state index is -1.10. The number of nitrogens with zero attached hydrogens (tertiary/aromatic N) is 4. The van der Waals surface area contributed by atoms with Gasteiger partial charge in [-0.05, 0) is 11.6 Å². The Hall–Kier alpha value is -3.22. The van der Waals surface area contributed by atoms with Crippen molar-refractivity contribution in [1.29, 1.82) is 0 Å². The van der Waals surface area contributed by atoms with Crippen LogP contribution in [0.15, 0.2) is 61.2 Å². The van der Waals surface area contributed by atoms with Crippen LogP contribution in [0.1, 0.15) is 22.1 Å². The molecule has 3 rings (SSSR count). The van der Waals surface area contributed by atoms with Crippen LogP contribution in [-0.2, 0) is 6.54 Å². The second-order valence-electron chi connectivity index (χ2n) is 4.93. The summed E-state index contributed by atoms with van der Waals surface area (Å²) in [6.45, 7) is 0.610. The first kappa shape index (κ1) is 14.7. The molecule has 0 radical (unpaired) electrons. The van der Waals surface area contributed by atoms with Gasteiger partial charge in [0.25, 0.3) is 0 Å². The summed E-state index contributed by atoms with van der Waals surface area (Å²) in [5, 5.41) is 16.4. The molecule has 1 unspecified atom stereocenters. The lowest BCUT2D eigenvalue weighted by Gasteiger charge is -2.19. The van der Waals surface area contributed by atoms with Crippen LogP contribution in [0.3, 0.4) is 0 Å². The van der Waals surface area contributed by atoms with Crippen molar-refractivity contribution in [2.45, 2.75) is 12.6 Å². The van der Waals surface area contributed by atoms with Crippen molar-refractivity contribution in [1.82, 2.24) is 19.7 Å². The van der Waals surface area contributed by atoms with Gasteiger partial charge < -0.3 is 10.4 Å². The molecule has 2 heterocycles. The quantitative estimate of drug-likeness (QED) is 0.725. The summed E-state index contributed by atoms with van der Waals surface area (Å²) in [6, 6.07) is 11.7. The van der Waals surface area contributed by atoms with Gasteiger partial charge in [0.15, 0.2) is 5.69 Å². The Morgan fingerprint density at radius 1 is 1.17 bits per heavy atom. The van der Waals surface area contributed by atoms with Crippen LogP contribution < -0.4 is 5.32 Å². The highest BCUT2D eigenvalue weighted by atomic mass is 16.4. The Balaban J connectivity index is 1.82. The van der Waals surface area contributed by atoms with Gasteiger partial charge in [0, 0.05) is 12.4 Å². The molecule has 0 saturated heterocycles. The summed E-state index contributed by atoms with van der Waals surface area (Å²) in [7, 11) is 0. The molecule has 0 spiro atoms. The van der Waals surface area contributed by atoms with Crippen LogP contribution in [-0.4, -0.2) is 30.8 Å². The number of nitrogens with one attached hydrogen (secondary N) is 1. The molecule has 0 fully saturated rings. The van der Waals surface area contributed by atoms with Gasteiger partial charge in [0.2, 0.25) is 0 Å². The van der Waals surface area contributed by atoms with E-state index >= 15 is 0 Å². The Labute approximate surface area is 132 Å². The van der Waals surface area contributed by atoms with Crippen molar-refractivity contribution in [3.8, 4) is 0 Å². The minimum Gasteiger partial charge on any atom is -0.476 e. The Kier molecular flexibility index (Phi) is 4.28. The van der Waals surface area contributed by atoms with E-state index in [0.717, 1.165) is 5.56 Å². The first-order valence-electron chi connectivity index (χ1n) is 7.06. The van der Waals surface area contributed by atoms with Crippen molar-refractivity contribution in [2.24, 2.45) is 0 Å². The number of carboxylic acid groups (broad SMARTS) is 1. The number of rotatable bonds is 6. The Morgan fingerprint density at radius 3 is 2.61 bits per heavy atom. The molecule has 0 aliphatic rings. The number of carboxylic acids is 1. The zero-order valence-corrected chi connectivity index (χ0v) is 12.2. The smallest absolute Gasteiger partial charge is 0.356 e. The van der Waals surface area contributed by atoms with Crippen molar-refractivity contribution in [3.05, 3.63) is 72.4 Å². The van der Waals surface area contributed by atoms with Gasteiger partial charge in [-0.2, -0.15) is 5.10 Å². The molecule has 0 aliphatic carbocycles. The predicted molar refractivity (Wildman–Crippen MR) is 84.0 cm³/mol. The number of benzene rings is 1. The first-order chi connectivity index (χ1) is 11.2. The summed E-state index contributed by atoms with van der Waals surface area (Å²) in [5.41, 5.74) is 0.992. The summed E-state index contributed by atoms with van der Waals surface area (Å²) >= 11 is 0. The van der Waals surface area contributed by atoms with Gasteiger partial charge in [-0.25, -0.2) is 14.8 Å². The van der Waals surface area contributed by atoms with Crippen LogP contribution in [0.4, 0.5) is 5.82 Å². The molecule has 2 aromatic heterocycles. The molecule has 3 aromatic rings. The molecule has 1 aromatic carbocycles. The average Bonchev–Trinajstić information content (AvgIpc) is 3.09. The number of hydrogen-bond acceptors (Lipinski definition) is 5. The standard InChI is InChI=1S/C16H15N5O2/c22-16(23)13-9-18-15(10-17-13)20-14(11-21-8-4-7-19-21)12-5-2-1-3-6-12/h1-10,14H,11H2,(H,18,20)(H,22,23). The third-order valence-electron chi connectivity index (χ3n) is 3.32. The van der Waals surface area contributed by atoms with Gasteiger partial charge in [-0.15, -0.1) is 0 Å². The van der Waals surface area contributed by atoms with Crippen LogP contribution >= 0.6 is 0 Å². The highest BCUT2D eigenvalue weighted by Crippen LogP contribution is 2.19. The fourth-order valence-electron chi connectivity index (χ4n) is 2.21. The van der Waals surface area contributed by atoms with Gasteiger partial charge in [0.05, 0.1) is 25.0 Å². The molecule has 7 heteroatoms. The molecule has 0 aliphatic heterocycles. The molecule has 2 N–H and O–H groups in total. The van der Waals surface area contributed by atoms with Crippen molar-refractivity contribution in [3.63, 3.8) is 0 Å². The number of aromatic nitrogens is 4. The molecular formula is C16H15N5O2. The second kappa shape index (κ2) is 6.69. The molecular weight excluding hydrogens is 294 g/mol. The van der Waals surface area contributed by atoms with E-state index in [0.29, 0.717) is 12.4 Å². The number of hydrogen-bond donors (Lipinski definition) is 2. The predicted octanol–water partition coefficient (Wildman–Crippen LogP) is 2.22. The van der Waals surface area contributed by atoms with E-state index in [1.54, 1.807) is 6.20 Å². The minimum absolute atomic E-state index is 0.0684. The maximum atomic E-state index is 10.8. The van der Waals surface area contributed by atoms with E-state index in [4.69, 9.17) is 5.11 Å². The van der Waals surface area contributed by atoms with Crippen molar-refractivity contribution in [2.75, 3.05) is 5.32 Å². The molecule has 0 amide bonds. The van der Waals surface area contributed by atoms with Gasteiger partial charge >= 0.3 is 5.97 Å². The summed E-state index contributed by atoms with van der Waals surface area (Å²) in [6.07, 6.45) is 6.27. The fraction of sp³-hybridized carbons (Fsp3) is 0.125. The summed E-state index contributed by atoms with van der Waals surface area (Å²) < 4.78 is 1.82. The third-order valence-corrected chi connectivity index (χ3v) is 3.32. The maximum Gasteiger partial charge on any atom is 0.356 e. The zero-order valence-electron chi connectivity index (χ0n) is 12.2. The average molecular weight is 309 g/mol. The topological polar surface area (TPSA) is 92.9 Å². The van der Waals surface area contributed by atoms with Gasteiger partial charge in [-0.3, -0.25) is 4.68 Å². The first-order valence-corrected chi connectivity index (χ1v) is 7.06. The molecule has 1 atom stereocenters. The fourth-order valence-corrected chi connectivity index (χ4v) is 2.21. The van der Waals surface area contributed by atoms with Crippen molar-refractivity contribution < 1.29 is 9.90 Å². The highest BCUT2D eigenvalue weighted by Gasteiger charge is 2.14. The highest BCUT2D eigenvalue weighted by molar-refractivity contribution is 5.84. The zero-order chi connectivity index (χ0) is 16.1. The molecule has 0 bridgehead atoms. The second-order valence-corrected chi connectivity index (χ2v) is 4.93. The molecule has 23 heavy (non-hydrogen) atoms. The van der Waals surface area contributed by atoms with Crippen LogP contribution in [0.2, 0.25) is 0 Å². The summed E-state index contributed by atoms with van der Waals surface area (Å²) in [4.78, 5) is 18.8. The number of anilines is 1. The van der Waals surface area contributed by atoms with Crippen LogP contribution in [0.25, 0.3) is 0 Å². The summed E-state index contributed by atoms with van der Waals surface area (Å²) in [5.74, 6) is -0.587. The van der Waals surface area contributed by atoms with E-state index in [1.165, 1.54) is 12.4 Å². The lowest BCUT2D eigenvalue weighted by molar-refractivity contribution is 0.0690. The SMILES string of the molecule is O=C(O)c1cnc(NC(Cn2cccn2)c2ccccc2)cn1. The Morgan fingerprint density at radius 2 is 2.00 bits per heavy atom. The lowest BCUT2D eigenvalue weighted by atomic mass is 10.1. The van der Waals surface area contributed by atoms with Gasteiger partial charge in [0.1, 0.15) is 5.82 Å². The monoisotopic (exact) mass is 309 g/mol. The normalized spacial score (nSPS) is 11.8. The van der Waals surface area contributed by atoms with E-state index < -0.39 is 5.97 Å². The van der Waals surface area contributed by atoms with E-state index in [1.807, 2.05) is 47.3 Å². The lowest BCUT2D eigenvalue weighted by Crippen LogP contribution is -2.19. The molecule has 116 valence electrons. The van der Waals surface area contributed by atoms with E-state index in [2.05, 4.69) is 20.4 Å². The van der Waals surface area contributed by atoms with Crippen LogP contribution in [0.5, 0.6) is 0 Å². The number of carbonyl (C=O) groups is 1. The van der Waals surface area contributed by atoms with E-state index in [9.17, 15) is 4.79 Å². The molecule has 7 nitrogen and oxygen atoms in total. The maximum absolute atomic E-state index is 10.8. The number of aromatic carboxylic acids is 1. The Bertz CT molecular complexity index is 757. The third kappa shape index (κ3) is 3.70. The van der Waals surface area contributed by atoms with Crippen LogP contribution in [0, 0.1) is 0 Å².